The fourth-order valence-electron chi connectivity index (χ4n) is 2.32. The maximum absolute atomic E-state index is 9.20. The van der Waals surface area contributed by atoms with Crippen molar-refractivity contribution >= 4 is 21.6 Å². The zero-order chi connectivity index (χ0) is 13.1. The van der Waals surface area contributed by atoms with Crippen LogP contribution in [0.3, 0.4) is 0 Å². The third-order valence-corrected chi connectivity index (χ3v) is 3.60. The van der Waals surface area contributed by atoms with Gasteiger partial charge in [-0.25, -0.2) is 0 Å². The Morgan fingerprint density at radius 3 is 2.94 bits per heavy atom. The number of nitrogens with zero attached hydrogens (tertiary/aromatic N) is 1. The Morgan fingerprint density at radius 1 is 1.50 bits per heavy atom. The summed E-state index contributed by atoms with van der Waals surface area (Å²) in [6.07, 6.45) is 0.0537. The molecule has 1 aromatic rings. The number of morpholine rings is 1. The standard InChI is InChI=1S/C13H19BrN2O2/c1-9-5-16(7-12(8-17)18-9)6-10-2-3-11(14)4-13(10)15/h2-4,9,12,17H,5-8,15H2,1H3. The molecule has 1 aliphatic heterocycles. The SMILES string of the molecule is CC1CN(Cc2ccc(Br)cc2N)CC(CO)O1. The molecule has 2 rings (SSSR count). The highest BCUT2D eigenvalue weighted by Gasteiger charge is 2.24. The molecule has 100 valence electrons. The Morgan fingerprint density at radius 2 is 2.28 bits per heavy atom. The van der Waals surface area contributed by atoms with Crippen LogP contribution < -0.4 is 5.73 Å². The van der Waals surface area contributed by atoms with Crippen molar-refractivity contribution in [1.82, 2.24) is 4.90 Å². The summed E-state index contributed by atoms with van der Waals surface area (Å²) < 4.78 is 6.62. The molecule has 1 aromatic carbocycles. The first-order valence-electron chi connectivity index (χ1n) is 6.11. The van der Waals surface area contributed by atoms with Gasteiger partial charge in [-0.1, -0.05) is 22.0 Å². The van der Waals surface area contributed by atoms with Gasteiger partial charge in [-0.15, -0.1) is 0 Å². The molecule has 1 saturated heterocycles. The summed E-state index contributed by atoms with van der Waals surface area (Å²) in [5.74, 6) is 0. The molecule has 0 saturated carbocycles. The smallest absolute Gasteiger partial charge is 0.0936 e. The van der Waals surface area contributed by atoms with E-state index in [-0.39, 0.29) is 18.8 Å². The van der Waals surface area contributed by atoms with Crippen LogP contribution in [0.25, 0.3) is 0 Å². The number of ether oxygens (including phenoxy) is 1. The topological polar surface area (TPSA) is 58.7 Å². The van der Waals surface area contributed by atoms with Crippen LogP contribution in [-0.4, -0.2) is 41.9 Å². The normalized spacial score (nSPS) is 25.3. The monoisotopic (exact) mass is 314 g/mol. The zero-order valence-corrected chi connectivity index (χ0v) is 12.1. The second kappa shape index (κ2) is 6.02. The van der Waals surface area contributed by atoms with Crippen molar-refractivity contribution in [3.8, 4) is 0 Å². The first-order chi connectivity index (χ1) is 8.58. The average molecular weight is 315 g/mol. The molecule has 0 bridgehead atoms. The minimum Gasteiger partial charge on any atom is -0.398 e. The highest BCUT2D eigenvalue weighted by Crippen LogP contribution is 2.21. The summed E-state index contributed by atoms with van der Waals surface area (Å²) >= 11 is 3.41. The van der Waals surface area contributed by atoms with Crippen LogP contribution in [0.4, 0.5) is 5.69 Å². The Balaban J connectivity index is 2.04. The molecule has 18 heavy (non-hydrogen) atoms. The van der Waals surface area contributed by atoms with Gasteiger partial charge in [0, 0.05) is 29.8 Å². The van der Waals surface area contributed by atoms with Crippen molar-refractivity contribution in [1.29, 1.82) is 0 Å². The van der Waals surface area contributed by atoms with E-state index in [0.717, 1.165) is 35.4 Å². The lowest BCUT2D eigenvalue weighted by Gasteiger charge is -2.36. The van der Waals surface area contributed by atoms with Gasteiger partial charge in [0.2, 0.25) is 0 Å². The number of hydrogen-bond donors (Lipinski definition) is 2. The van der Waals surface area contributed by atoms with E-state index in [1.54, 1.807) is 0 Å². The van der Waals surface area contributed by atoms with Gasteiger partial charge in [-0.3, -0.25) is 4.90 Å². The Hall–Kier alpha value is -0.620. The summed E-state index contributed by atoms with van der Waals surface area (Å²) in [7, 11) is 0. The lowest BCUT2D eigenvalue weighted by molar-refractivity contribution is -0.0972. The number of hydrogen-bond acceptors (Lipinski definition) is 4. The number of nitrogen functional groups attached to an aromatic ring is 1. The fraction of sp³-hybridized carbons (Fsp3) is 0.538. The van der Waals surface area contributed by atoms with Crippen LogP contribution in [0, 0.1) is 0 Å². The molecule has 0 aromatic heterocycles. The highest BCUT2D eigenvalue weighted by atomic mass is 79.9. The Labute approximate surface area is 116 Å². The minimum atomic E-state index is -0.0922. The van der Waals surface area contributed by atoms with E-state index in [0.29, 0.717) is 0 Å². The van der Waals surface area contributed by atoms with E-state index in [9.17, 15) is 5.11 Å². The molecule has 1 aliphatic rings. The summed E-state index contributed by atoms with van der Waals surface area (Å²) in [6.45, 7) is 4.50. The molecule has 0 amide bonds. The quantitative estimate of drug-likeness (QED) is 0.832. The van der Waals surface area contributed by atoms with Gasteiger partial charge in [-0.2, -0.15) is 0 Å². The fourth-order valence-corrected chi connectivity index (χ4v) is 2.70. The number of benzene rings is 1. The number of aliphatic hydroxyl groups excluding tert-OH is 1. The predicted octanol–water partition coefficient (Wildman–Crippen LogP) is 1.61. The van der Waals surface area contributed by atoms with E-state index < -0.39 is 0 Å². The summed E-state index contributed by atoms with van der Waals surface area (Å²) in [6, 6.07) is 5.95. The van der Waals surface area contributed by atoms with Gasteiger partial charge in [0.1, 0.15) is 0 Å². The van der Waals surface area contributed by atoms with Gasteiger partial charge >= 0.3 is 0 Å². The van der Waals surface area contributed by atoms with E-state index in [1.165, 1.54) is 0 Å². The minimum absolute atomic E-state index is 0.0661. The number of halogens is 1. The summed E-state index contributed by atoms with van der Waals surface area (Å²) in [4.78, 5) is 2.27. The lowest BCUT2D eigenvalue weighted by Crippen LogP contribution is -2.47. The number of rotatable bonds is 3. The molecule has 0 aliphatic carbocycles. The Bertz CT molecular complexity index is 414. The van der Waals surface area contributed by atoms with Crippen LogP contribution >= 0.6 is 15.9 Å². The van der Waals surface area contributed by atoms with Gasteiger partial charge in [0.25, 0.3) is 0 Å². The first-order valence-corrected chi connectivity index (χ1v) is 6.90. The van der Waals surface area contributed by atoms with Crippen molar-refractivity contribution in [3.05, 3.63) is 28.2 Å². The second-order valence-electron chi connectivity index (χ2n) is 4.79. The summed E-state index contributed by atoms with van der Waals surface area (Å²) in [5.41, 5.74) is 7.91. The molecular weight excluding hydrogens is 296 g/mol. The molecule has 3 N–H and O–H groups in total. The van der Waals surface area contributed by atoms with Gasteiger partial charge in [-0.05, 0) is 24.6 Å². The molecule has 4 nitrogen and oxygen atoms in total. The van der Waals surface area contributed by atoms with Crippen LogP contribution in [0.15, 0.2) is 22.7 Å². The largest absolute Gasteiger partial charge is 0.398 e. The van der Waals surface area contributed by atoms with Crippen molar-refractivity contribution in [2.75, 3.05) is 25.4 Å². The average Bonchev–Trinajstić information content (AvgIpc) is 2.32. The number of anilines is 1. The van der Waals surface area contributed by atoms with Crippen LogP contribution in [0.1, 0.15) is 12.5 Å². The maximum atomic E-state index is 9.20. The highest BCUT2D eigenvalue weighted by molar-refractivity contribution is 9.10. The molecule has 2 unspecified atom stereocenters. The number of nitrogens with two attached hydrogens (primary N) is 1. The molecular formula is C13H19BrN2O2. The van der Waals surface area contributed by atoms with Crippen LogP contribution in [-0.2, 0) is 11.3 Å². The van der Waals surface area contributed by atoms with Crippen LogP contribution in [0.2, 0.25) is 0 Å². The maximum Gasteiger partial charge on any atom is 0.0936 e. The molecule has 1 fully saturated rings. The van der Waals surface area contributed by atoms with E-state index in [4.69, 9.17) is 10.5 Å². The predicted molar refractivity (Wildman–Crippen MR) is 75.3 cm³/mol. The molecule has 2 atom stereocenters. The Kier molecular flexibility index (Phi) is 4.61. The van der Waals surface area contributed by atoms with Crippen LogP contribution in [0.5, 0.6) is 0 Å². The van der Waals surface area contributed by atoms with Crippen molar-refractivity contribution in [2.24, 2.45) is 0 Å². The molecule has 0 radical (unpaired) electrons. The van der Waals surface area contributed by atoms with Gasteiger partial charge in [0.15, 0.2) is 0 Å². The number of aliphatic hydroxyl groups is 1. The molecule has 1 heterocycles. The van der Waals surface area contributed by atoms with E-state index in [2.05, 4.69) is 20.8 Å². The zero-order valence-electron chi connectivity index (χ0n) is 10.5. The lowest BCUT2D eigenvalue weighted by atomic mass is 10.1. The van der Waals surface area contributed by atoms with E-state index >= 15 is 0 Å². The third-order valence-electron chi connectivity index (χ3n) is 3.11. The summed E-state index contributed by atoms with van der Waals surface area (Å²) in [5, 5.41) is 9.20. The van der Waals surface area contributed by atoms with Crippen molar-refractivity contribution in [3.63, 3.8) is 0 Å². The van der Waals surface area contributed by atoms with Gasteiger partial charge in [0.05, 0.1) is 18.8 Å². The first kappa shape index (κ1) is 13.8. The van der Waals surface area contributed by atoms with Crippen molar-refractivity contribution in [2.45, 2.75) is 25.7 Å². The molecule has 0 spiro atoms. The van der Waals surface area contributed by atoms with Crippen molar-refractivity contribution < 1.29 is 9.84 Å². The van der Waals surface area contributed by atoms with E-state index in [1.807, 2.05) is 25.1 Å². The molecule has 5 heteroatoms. The van der Waals surface area contributed by atoms with Gasteiger partial charge < -0.3 is 15.6 Å². The third kappa shape index (κ3) is 3.45. The second-order valence-corrected chi connectivity index (χ2v) is 5.70.